The van der Waals surface area contributed by atoms with Gasteiger partial charge in [0.15, 0.2) is 0 Å². The number of thioether (sulfide) groups is 1. The maximum atomic E-state index is 12.1. The van der Waals surface area contributed by atoms with Crippen molar-refractivity contribution in [3.63, 3.8) is 0 Å². The normalized spacial score (nSPS) is 16.4. The summed E-state index contributed by atoms with van der Waals surface area (Å²) in [6.45, 7) is 2.52. The number of nitrogens with zero attached hydrogens (tertiary/aromatic N) is 1. The summed E-state index contributed by atoms with van der Waals surface area (Å²) in [4.78, 5) is 25.2. The van der Waals surface area contributed by atoms with Crippen LogP contribution in [0, 0.1) is 15.9 Å². The van der Waals surface area contributed by atoms with Crippen LogP contribution in [0.4, 0.5) is 4.79 Å². The summed E-state index contributed by atoms with van der Waals surface area (Å²) in [6.07, 6.45) is 6.85. The molecule has 0 bridgehead atoms. The summed E-state index contributed by atoms with van der Waals surface area (Å²) in [5, 5.41) is -0.329. The van der Waals surface area contributed by atoms with Crippen molar-refractivity contribution < 1.29 is 14.3 Å². The minimum Gasteiger partial charge on any atom is -0.493 e. The summed E-state index contributed by atoms with van der Waals surface area (Å²) < 4.78 is 6.41. The first-order chi connectivity index (χ1) is 10.1. The van der Waals surface area contributed by atoms with Gasteiger partial charge in [-0.15, -0.1) is 6.42 Å². The van der Waals surface area contributed by atoms with E-state index in [1.54, 1.807) is 6.08 Å². The second-order valence-electron chi connectivity index (χ2n) is 4.09. The van der Waals surface area contributed by atoms with E-state index in [1.165, 1.54) is 0 Å². The van der Waals surface area contributed by atoms with Gasteiger partial charge in [-0.1, -0.05) is 12.0 Å². The van der Waals surface area contributed by atoms with E-state index in [1.807, 2.05) is 25.1 Å². The van der Waals surface area contributed by atoms with Gasteiger partial charge in [0, 0.05) is 0 Å². The zero-order chi connectivity index (χ0) is 15.4. The number of imide groups is 1. The van der Waals surface area contributed by atoms with E-state index in [-0.39, 0.29) is 17.7 Å². The van der Waals surface area contributed by atoms with Crippen molar-refractivity contribution in [1.82, 2.24) is 4.90 Å². The first kappa shape index (κ1) is 15.9. The number of carbonyl (C=O) groups excluding carboxylic acids is 2. The Morgan fingerprint density at radius 2 is 2.24 bits per heavy atom. The molecule has 0 N–H and O–H groups in total. The van der Waals surface area contributed by atoms with Crippen LogP contribution in [0.3, 0.4) is 0 Å². The van der Waals surface area contributed by atoms with Crippen LogP contribution in [0.1, 0.15) is 12.5 Å². The molecule has 1 fully saturated rings. The monoisotopic (exact) mass is 413 g/mol. The molecule has 1 aliphatic rings. The van der Waals surface area contributed by atoms with Gasteiger partial charge in [-0.25, -0.2) is 0 Å². The fourth-order valence-corrected chi connectivity index (χ4v) is 3.29. The molecule has 4 nitrogen and oxygen atoms in total. The molecule has 0 unspecified atom stereocenters. The Labute approximate surface area is 141 Å². The molecule has 2 rings (SSSR count). The first-order valence-corrected chi connectivity index (χ1v) is 8.07. The van der Waals surface area contributed by atoms with Crippen LogP contribution in [0.5, 0.6) is 5.75 Å². The average molecular weight is 413 g/mol. The van der Waals surface area contributed by atoms with Crippen molar-refractivity contribution >= 4 is 51.6 Å². The van der Waals surface area contributed by atoms with E-state index >= 15 is 0 Å². The molecule has 0 spiro atoms. The lowest BCUT2D eigenvalue weighted by Gasteiger charge is -2.07. The molecule has 0 radical (unpaired) electrons. The Kier molecular flexibility index (Phi) is 5.31. The summed E-state index contributed by atoms with van der Waals surface area (Å²) in [5.41, 5.74) is 0.842. The summed E-state index contributed by atoms with van der Waals surface area (Å²) in [5.74, 6) is 2.77. The minimum absolute atomic E-state index is 0.00280. The third-order valence-electron chi connectivity index (χ3n) is 2.68. The van der Waals surface area contributed by atoms with Crippen molar-refractivity contribution in [2.75, 3.05) is 13.2 Å². The van der Waals surface area contributed by atoms with Gasteiger partial charge in [0.1, 0.15) is 5.75 Å². The molecule has 108 valence electrons. The number of rotatable bonds is 4. The highest BCUT2D eigenvalue weighted by molar-refractivity contribution is 14.1. The van der Waals surface area contributed by atoms with Gasteiger partial charge >= 0.3 is 0 Å². The Morgan fingerprint density at radius 3 is 2.86 bits per heavy atom. The highest BCUT2D eigenvalue weighted by Crippen LogP contribution is 2.32. The lowest BCUT2D eigenvalue weighted by atomic mass is 10.2. The van der Waals surface area contributed by atoms with Gasteiger partial charge < -0.3 is 4.74 Å². The largest absolute Gasteiger partial charge is 0.493 e. The topological polar surface area (TPSA) is 46.6 Å². The third-order valence-corrected chi connectivity index (χ3v) is 4.43. The van der Waals surface area contributed by atoms with Crippen LogP contribution in [0.2, 0.25) is 0 Å². The number of hydrogen-bond donors (Lipinski definition) is 0. The van der Waals surface area contributed by atoms with Crippen LogP contribution in [-0.2, 0) is 4.79 Å². The molecule has 1 aromatic rings. The third kappa shape index (κ3) is 3.60. The van der Waals surface area contributed by atoms with Crippen LogP contribution < -0.4 is 4.74 Å². The molecular formula is C15H12INO3S. The molecular weight excluding hydrogens is 401 g/mol. The van der Waals surface area contributed by atoms with Crippen LogP contribution in [0.15, 0.2) is 23.1 Å². The molecule has 0 aliphatic carbocycles. The number of ether oxygens (including phenoxy) is 1. The molecule has 1 heterocycles. The second-order valence-corrected chi connectivity index (χ2v) is 6.25. The standard InChI is InChI=1S/C15H12INO3S/c1-3-7-17-14(18)13(21-15(17)19)9-10-5-6-12(20-4-2)11(16)8-10/h1,5-6,8-9H,4,7H2,2H3/b13-9+. The Balaban J connectivity index is 2.25. The van der Waals surface area contributed by atoms with Crippen molar-refractivity contribution in [1.29, 1.82) is 0 Å². The number of carbonyl (C=O) groups is 2. The fraction of sp³-hybridized carbons (Fsp3) is 0.200. The summed E-state index contributed by atoms with van der Waals surface area (Å²) >= 11 is 3.08. The van der Waals surface area contributed by atoms with Crippen LogP contribution in [0.25, 0.3) is 6.08 Å². The molecule has 1 saturated heterocycles. The molecule has 6 heteroatoms. The number of halogens is 1. The van der Waals surface area contributed by atoms with Gasteiger partial charge in [0.2, 0.25) is 0 Å². The average Bonchev–Trinajstić information content (AvgIpc) is 2.70. The summed E-state index contributed by atoms with van der Waals surface area (Å²) in [6, 6.07) is 5.60. The van der Waals surface area contributed by atoms with Gasteiger partial charge in [0.25, 0.3) is 11.1 Å². The van der Waals surface area contributed by atoms with Gasteiger partial charge in [0.05, 0.1) is 21.6 Å². The number of amides is 2. The van der Waals surface area contributed by atoms with Crippen LogP contribution in [-0.4, -0.2) is 29.2 Å². The van der Waals surface area contributed by atoms with Crippen molar-refractivity contribution in [2.24, 2.45) is 0 Å². The SMILES string of the molecule is C#CCN1C(=O)S/C(=C/c2ccc(OCC)c(I)c2)C1=O. The van der Waals surface area contributed by atoms with Crippen molar-refractivity contribution in [3.8, 4) is 18.1 Å². The highest BCUT2D eigenvalue weighted by Gasteiger charge is 2.34. The molecule has 1 aliphatic heterocycles. The van der Waals surface area contributed by atoms with Crippen LogP contribution >= 0.6 is 34.4 Å². The first-order valence-electron chi connectivity index (χ1n) is 6.18. The van der Waals surface area contributed by atoms with E-state index in [0.717, 1.165) is 31.5 Å². The lowest BCUT2D eigenvalue weighted by molar-refractivity contribution is -0.122. The predicted octanol–water partition coefficient (Wildman–Crippen LogP) is 3.36. The van der Waals surface area contributed by atoms with Crippen molar-refractivity contribution in [3.05, 3.63) is 32.2 Å². The van der Waals surface area contributed by atoms with E-state index in [4.69, 9.17) is 11.2 Å². The molecule has 1 aromatic carbocycles. The van der Waals surface area contributed by atoms with E-state index in [9.17, 15) is 9.59 Å². The molecule has 21 heavy (non-hydrogen) atoms. The molecule has 0 atom stereocenters. The highest BCUT2D eigenvalue weighted by atomic mass is 127. The number of hydrogen-bond acceptors (Lipinski definition) is 4. The second kappa shape index (κ2) is 7.00. The fourth-order valence-electron chi connectivity index (χ4n) is 1.76. The van der Waals surface area contributed by atoms with Gasteiger partial charge in [-0.2, -0.15) is 0 Å². The zero-order valence-electron chi connectivity index (χ0n) is 11.3. The number of benzene rings is 1. The summed E-state index contributed by atoms with van der Waals surface area (Å²) in [7, 11) is 0. The van der Waals surface area contributed by atoms with Gasteiger partial charge in [-0.05, 0) is 65.0 Å². The Bertz CT molecular complexity index is 663. The zero-order valence-corrected chi connectivity index (χ0v) is 14.2. The smallest absolute Gasteiger partial charge is 0.294 e. The molecule has 0 saturated carbocycles. The Morgan fingerprint density at radius 1 is 1.48 bits per heavy atom. The quantitative estimate of drug-likeness (QED) is 0.432. The minimum atomic E-state index is -0.341. The number of terminal acetylenes is 1. The Hall–Kier alpha value is -1.46. The van der Waals surface area contributed by atoms with Gasteiger partial charge in [-0.3, -0.25) is 14.5 Å². The van der Waals surface area contributed by atoms with Crippen molar-refractivity contribution in [2.45, 2.75) is 6.92 Å². The van der Waals surface area contributed by atoms with E-state index in [0.29, 0.717) is 11.5 Å². The predicted molar refractivity (Wildman–Crippen MR) is 91.8 cm³/mol. The van der Waals surface area contributed by atoms with E-state index < -0.39 is 0 Å². The maximum absolute atomic E-state index is 12.1. The molecule has 2 amide bonds. The maximum Gasteiger partial charge on any atom is 0.294 e. The van der Waals surface area contributed by atoms with E-state index in [2.05, 4.69) is 28.5 Å². The molecule has 0 aromatic heterocycles. The lowest BCUT2D eigenvalue weighted by Crippen LogP contribution is -2.28.